The van der Waals surface area contributed by atoms with Crippen molar-refractivity contribution in [3.05, 3.63) is 40.5 Å². The summed E-state index contributed by atoms with van der Waals surface area (Å²) >= 11 is 6.01. The van der Waals surface area contributed by atoms with E-state index in [1.54, 1.807) is 13.8 Å². The number of hydrogen-bond donors (Lipinski definition) is 1. The Morgan fingerprint density at radius 3 is 2.77 bits per heavy atom. The van der Waals surface area contributed by atoms with Gasteiger partial charge in [-0.15, -0.1) is 0 Å². The Balaban J connectivity index is 2.19. The Labute approximate surface area is 155 Å². The van der Waals surface area contributed by atoms with Crippen molar-refractivity contribution in [1.82, 2.24) is 14.9 Å². The largest absolute Gasteiger partial charge is 0.449 e. The van der Waals surface area contributed by atoms with E-state index in [0.29, 0.717) is 5.82 Å². The summed E-state index contributed by atoms with van der Waals surface area (Å²) in [6, 6.07) is 3.75. The van der Waals surface area contributed by atoms with Gasteiger partial charge in [-0.3, -0.25) is 0 Å². The molecule has 11 heteroatoms. The van der Waals surface area contributed by atoms with Crippen LogP contribution in [0.3, 0.4) is 0 Å². The maximum atomic E-state index is 12.4. The van der Waals surface area contributed by atoms with Gasteiger partial charge in [0, 0.05) is 13.7 Å². The van der Waals surface area contributed by atoms with Gasteiger partial charge < -0.3 is 14.0 Å². The van der Waals surface area contributed by atoms with Crippen molar-refractivity contribution in [2.24, 2.45) is 0 Å². The molecule has 0 amide bonds. The first kappa shape index (κ1) is 20.3. The highest BCUT2D eigenvalue weighted by Gasteiger charge is 2.23. The fraction of sp³-hybridized carbons (Fsp3) is 0.400. The second-order valence-corrected chi connectivity index (χ2v) is 7.43. The van der Waals surface area contributed by atoms with Gasteiger partial charge in [0.05, 0.1) is 22.1 Å². The lowest BCUT2D eigenvalue weighted by Gasteiger charge is -2.12. The van der Waals surface area contributed by atoms with Gasteiger partial charge in [0.1, 0.15) is 0 Å². The fourth-order valence-corrected chi connectivity index (χ4v) is 3.18. The molecule has 0 aliphatic rings. The number of benzene rings is 1. The SMILES string of the molecule is COCCNS(=O)(=O)c1ccc(Cl)c(C(=O)O[C@H](C)c2nc(C)no2)c1. The first-order valence-electron chi connectivity index (χ1n) is 7.54. The molecule has 1 atom stereocenters. The Morgan fingerprint density at radius 1 is 1.42 bits per heavy atom. The lowest BCUT2D eigenvalue weighted by atomic mass is 10.2. The van der Waals surface area contributed by atoms with Crippen LogP contribution in [-0.4, -0.2) is 44.8 Å². The van der Waals surface area contributed by atoms with E-state index in [9.17, 15) is 13.2 Å². The molecule has 0 saturated heterocycles. The molecule has 1 heterocycles. The van der Waals surface area contributed by atoms with Gasteiger partial charge in [0.25, 0.3) is 5.89 Å². The van der Waals surface area contributed by atoms with E-state index >= 15 is 0 Å². The van der Waals surface area contributed by atoms with Crippen molar-refractivity contribution in [3.63, 3.8) is 0 Å². The molecule has 0 spiro atoms. The normalized spacial score (nSPS) is 12.8. The summed E-state index contributed by atoms with van der Waals surface area (Å²) in [5.41, 5.74) is -0.0932. The Hall–Kier alpha value is -2.01. The van der Waals surface area contributed by atoms with E-state index in [2.05, 4.69) is 14.9 Å². The third-order valence-corrected chi connectivity index (χ3v) is 5.03. The van der Waals surface area contributed by atoms with Crippen LogP contribution in [0, 0.1) is 6.92 Å². The molecule has 142 valence electrons. The molecule has 0 aliphatic carbocycles. The number of hydrogen-bond acceptors (Lipinski definition) is 8. The maximum absolute atomic E-state index is 12.4. The first-order chi connectivity index (χ1) is 12.2. The molecule has 26 heavy (non-hydrogen) atoms. The van der Waals surface area contributed by atoms with Crippen LogP contribution in [0.1, 0.15) is 35.1 Å². The molecule has 9 nitrogen and oxygen atoms in total. The van der Waals surface area contributed by atoms with Gasteiger partial charge in [-0.2, -0.15) is 4.98 Å². The van der Waals surface area contributed by atoms with Crippen LogP contribution < -0.4 is 4.72 Å². The molecule has 2 aromatic rings. The highest BCUT2D eigenvalue weighted by molar-refractivity contribution is 7.89. The van der Waals surface area contributed by atoms with E-state index in [1.807, 2.05) is 0 Å². The quantitative estimate of drug-likeness (QED) is 0.523. The number of halogens is 1. The van der Waals surface area contributed by atoms with Gasteiger partial charge >= 0.3 is 5.97 Å². The summed E-state index contributed by atoms with van der Waals surface area (Å²) in [7, 11) is -2.36. The smallest absolute Gasteiger partial charge is 0.340 e. The number of methoxy groups -OCH3 is 1. The van der Waals surface area contributed by atoms with Crippen molar-refractivity contribution in [1.29, 1.82) is 0 Å². The van der Waals surface area contributed by atoms with E-state index in [4.69, 9.17) is 25.6 Å². The molecule has 1 aromatic heterocycles. The maximum Gasteiger partial charge on any atom is 0.340 e. The minimum atomic E-state index is -3.82. The lowest BCUT2D eigenvalue weighted by molar-refractivity contribution is 0.0265. The predicted molar refractivity (Wildman–Crippen MR) is 91.4 cm³/mol. The topological polar surface area (TPSA) is 121 Å². The zero-order chi connectivity index (χ0) is 19.3. The number of carbonyl (C=O) groups excluding carboxylic acids is 1. The number of esters is 1. The Kier molecular flexibility index (Phi) is 6.70. The molecular formula is C15H18ClN3O6S. The lowest BCUT2D eigenvalue weighted by Crippen LogP contribution is -2.27. The number of aromatic nitrogens is 2. The number of nitrogens with one attached hydrogen (secondary N) is 1. The highest BCUT2D eigenvalue weighted by atomic mass is 35.5. The zero-order valence-corrected chi connectivity index (χ0v) is 15.9. The van der Waals surface area contributed by atoms with Crippen LogP contribution in [0.25, 0.3) is 0 Å². The molecule has 0 fully saturated rings. The van der Waals surface area contributed by atoms with Crippen LogP contribution in [0.2, 0.25) is 5.02 Å². The molecule has 1 N–H and O–H groups in total. The van der Waals surface area contributed by atoms with Crippen LogP contribution >= 0.6 is 11.6 Å². The van der Waals surface area contributed by atoms with Crippen molar-refractivity contribution in [2.75, 3.05) is 20.3 Å². The van der Waals surface area contributed by atoms with Crippen LogP contribution in [-0.2, 0) is 19.5 Å². The number of carbonyl (C=O) groups is 1. The zero-order valence-electron chi connectivity index (χ0n) is 14.4. The molecule has 0 bridgehead atoms. The van der Waals surface area contributed by atoms with Crippen molar-refractivity contribution < 1.29 is 27.2 Å². The molecule has 1 aromatic carbocycles. The van der Waals surface area contributed by atoms with Gasteiger partial charge in [-0.05, 0) is 32.0 Å². The molecular weight excluding hydrogens is 386 g/mol. The second kappa shape index (κ2) is 8.58. The molecule has 0 aliphatic heterocycles. The average molecular weight is 404 g/mol. The standard InChI is InChI=1S/C15H18ClN3O6S/c1-9(14-18-10(2)19-25-14)24-15(20)12-8-11(4-5-13(12)16)26(21,22)17-6-7-23-3/h4-5,8-9,17H,6-7H2,1-3H3/t9-/m1/s1. The minimum Gasteiger partial charge on any atom is -0.449 e. The van der Waals surface area contributed by atoms with E-state index in [1.165, 1.54) is 19.2 Å². The number of nitrogens with zero attached hydrogens (tertiary/aromatic N) is 2. The fourth-order valence-electron chi connectivity index (χ4n) is 1.94. The van der Waals surface area contributed by atoms with Crippen LogP contribution in [0.5, 0.6) is 0 Å². The predicted octanol–water partition coefficient (Wildman–Crippen LogP) is 1.87. The van der Waals surface area contributed by atoms with Crippen molar-refractivity contribution in [2.45, 2.75) is 24.8 Å². The highest BCUT2D eigenvalue weighted by Crippen LogP contribution is 2.24. The molecule has 0 saturated carbocycles. The number of aryl methyl sites for hydroxylation is 1. The number of sulfonamides is 1. The third-order valence-electron chi connectivity index (χ3n) is 3.24. The van der Waals surface area contributed by atoms with Crippen LogP contribution in [0.4, 0.5) is 0 Å². The summed E-state index contributed by atoms with van der Waals surface area (Å²) in [4.78, 5) is 16.2. The Morgan fingerprint density at radius 2 is 2.15 bits per heavy atom. The van der Waals surface area contributed by atoms with Gasteiger partial charge in [-0.1, -0.05) is 16.8 Å². The summed E-state index contributed by atoms with van der Waals surface area (Å²) in [5.74, 6) is -0.291. The molecule has 0 unspecified atom stereocenters. The van der Waals surface area contributed by atoms with E-state index in [0.717, 1.165) is 6.07 Å². The van der Waals surface area contributed by atoms with Gasteiger partial charge in [0.15, 0.2) is 11.9 Å². The Bertz CT molecular complexity index is 883. The average Bonchev–Trinajstić information content (AvgIpc) is 3.01. The first-order valence-corrected chi connectivity index (χ1v) is 9.40. The van der Waals surface area contributed by atoms with Crippen LogP contribution in [0.15, 0.2) is 27.6 Å². The summed E-state index contributed by atoms with van der Waals surface area (Å²) in [5, 5.41) is 3.67. The van der Waals surface area contributed by atoms with E-state index in [-0.39, 0.29) is 34.5 Å². The number of rotatable bonds is 8. The minimum absolute atomic E-state index is 0.0553. The van der Waals surface area contributed by atoms with Crippen molar-refractivity contribution in [3.8, 4) is 0 Å². The monoisotopic (exact) mass is 403 g/mol. The summed E-state index contributed by atoms with van der Waals surface area (Å²) in [6.45, 7) is 3.48. The third kappa shape index (κ3) is 5.01. The van der Waals surface area contributed by atoms with Gasteiger partial charge in [0.2, 0.25) is 10.0 Å². The van der Waals surface area contributed by atoms with E-state index < -0.39 is 22.1 Å². The van der Waals surface area contributed by atoms with Crippen molar-refractivity contribution >= 4 is 27.6 Å². The summed E-state index contributed by atoms with van der Waals surface area (Å²) < 4.78 is 41.8. The number of ether oxygens (including phenoxy) is 2. The molecule has 2 rings (SSSR count). The molecule has 0 radical (unpaired) electrons. The summed E-state index contributed by atoms with van der Waals surface area (Å²) in [6.07, 6.45) is -0.820. The van der Waals surface area contributed by atoms with Gasteiger partial charge in [-0.25, -0.2) is 17.9 Å². The second-order valence-electron chi connectivity index (χ2n) is 5.26.